The number of hydrogen-bond donors (Lipinski definition) is 2. The molecule has 0 bridgehead atoms. The highest BCUT2D eigenvalue weighted by Gasteiger charge is 2.37. The molecule has 2 amide bonds. The van der Waals surface area contributed by atoms with Crippen LogP contribution in [0.2, 0.25) is 0 Å². The van der Waals surface area contributed by atoms with Crippen molar-refractivity contribution >= 4 is 22.8 Å². The first-order valence-corrected chi connectivity index (χ1v) is 9.38. The third kappa shape index (κ3) is 3.24. The smallest absolute Gasteiger partial charge is 0.317 e. The van der Waals surface area contributed by atoms with Gasteiger partial charge in [0.05, 0.1) is 18.3 Å². The summed E-state index contributed by atoms with van der Waals surface area (Å²) in [6.07, 6.45) is 6.47. The number of likely N-dealkylation sites (tertiary alicyclic amines) is 1. The molecule has 0 aromatic carbocycles. The summed E-state index contributed by atoms with van der Waals surface area (Å²) in [6.45, 7) is 6.33. The molecular formula is C19H25FN6O. The summed E-state index contributed by atoms with van der Waals surface area (Å²) in [5, 5.41) is 2.71. The number of aromatic amines is 1. The molecule has 4 heterocycles. The van der Waals surface area contributed by atoms with E-state index in [-0.39, 0.29) is 18.5 Å². The zero-order valence-electron chi connectivity index (χ0n) is 15.9. The van der Waals surface area contributed by atoms with Crippen LogP contribution in [-0.2, 0) is 0 Å². The normalized spacial score (nSPS) is 20.7. The molecule has 2 atom stereocenters. The summed E-state index contributed by atoms with van der Waals surface area (Å²) in [4.78, 5) is 26.3. The molecule has 1 saturated heterocycles. The fraction of sp³-hybridized carbons (Fsp3) is 0.526. The predicted molar refractivity (Wildman–Crippen MR) is 102 cm³/mol. The molecule has 3 aromatic rings. The van der Waals surface area contributed by atoms with Gasteiger partial charge in [-0.25, -0.2) is 19.2 Å². The Kier molecular flexibility index (Phi) is 4.28. The van der Waals surface area contributed by atoms with Crippen molar-refractivity contribution in [3.8, 4) is 0 Å². The van der Waals surface area contributed by atoms with Gasteiger partial charge in [-0.1, -0.05) is 13.3 Å². The fourth-order valence-corrected chi connectivity index (χ4v) is 3.94. The number of nitrogens with one attached hydrogen (secondary N) is 2. The number of aromatic nitrogens is 4. The summed E-state index contributed by atoms with van der Waals surface area (Å²) in [5.74, 6) is 0.505. The van der Waals surface area contributed by atoms with Gasteiger partial charge in [0.1, 0.15) is 5.67 Å². The minimum Gasteiger partial charge on any atom is -0.345 e. The van der Waals surface area contributed by atoms with Gasteiger partial charge in [-0.15, -0.1) is 0 Å². The molecule has 1 aliphatic heterocycles. The Balaban J connectivity index is 1.63. The lowest BCUT2D eigenvalue weighted by molar-refractivity contribution is 0.182. The average molecular weight is 372 g/mol. The number of hydrogen-bond acceptors (Lipinski definition) is 3. The van der Waals surface area contributed by atoms with Gasteiger partial charge in [0.2, 0.25) is 0 Å². The fourth-order valence-electron chi connectivity index (χ4n) is 3.94. The van der Waals surface area contributed by atoms with Crippen LogP contribution >= 0.6 is 0 Å². The van der Waals surface area contributed by atoms with Gasteiger partial charge in [-0.2, -0.15) is 0 Å². The number of urea groups is 1. The molecule has 4 rings (SSSR count). The zero-order valence-corrected chi connectivity index (χ0v) is 15.9. The van der Waals surface area contributed by atoms with Crippen molar-refractivity contribution in [2.45, 2.75) is 38.8 Å². The molecule has 0 unspecified atom stereocenters. The van der Waals surface area contributed by atoms with Gasteiger partial charge in [-0.05, 0) is 25.8 Å². The first-order chi connectivity index (χ1) is 12.9. The van der Waals surface area contributed by atoms with Crippen molar-refractivity contribution in [3.63, 3.8) is 0 Å². The third-order valence-electron chi connectivity index (χ3n) is 5.36. The number of halogens is 1. The summed E-state index contributed by atoms with van der Waals surface area (Å²) in [5.41, 5.74) is 2.26. The number of carbonyl (C=O) groups excluding carboxylic acids is 1. The van der Waals surface area contributed by atoms with E-state index >= 15 is 0 Å². The molecule has 27 heavy (non-hydrogen) atoms. The van der Waals surface area contributed by atoms with E-state index in [9.17, 15) is 9.18 Å². The van der Waals surface area contributed by atoms with Crippen molar-refractivity contribution in [1.29, 1.82) is 0 Å². The summed E-state index contributed by atoms with van der Waals surface area (Å²) in [6, 6.07) is 1.79. The van der Waals surface area contributed by atoms with Crippen molar-refractivity contribution in [1.82, 2.24) is 29.6 Å². The van der Waals surface area contributed by atoms with Gasteiger partial charge in [0.15, 0.2) is 11.3 Å². The van der Waals surface area contributed by atoms with Gasteiger partial charge in [0.25, 0.3) is 0 Å². The topological polar surface area (TPSA) is 78.3 Å². The zero-order chi connectivity index (χ0) is 19.2. The second kappa shape index (κ2) is 6.51. The number of imidazole rings is 1. The van der Waals surface area contributed by atoms with E-state index in [1.807, 2.05) is 18.5 Å². The van der Waals surface area contributed by atoms with E-state index in [1.165, 1.54) is 13.8 Å². The molecule has 0 spiro atoms. The standard InChI is InChI=1S/C19H25FN6O/c1-4-12-9-25(18(27)24-11-19(2,3)20)10-13(12)15-7-22-16-8-23-17-14(26(15)16)5-6-21-17/h5-8,12-13,21H,4,9-11H2,1-3H3,(H,24,27)/t12-,13+/m1/s1. The number of fused-ring (bicyclic) bond motifs is 3. The van der Waals surface area contributed by atoms with E-state index in [0.29, 0.717) is 19.0 Å². The van der Waals surface area contributed by atoms with Gasteiger partial charge < -0.3 is 15.2 Å². The van der Waals surface area contributed by atoms with Crippen LogP contribution in [0.3, 0.4) is 0 Å². The summed E-state index contributed by atoms with van der Waals surface area (Å²) >= 11 is 0. The first kappa shape index (κ1) is 17.8. The molecule has 144 valence electrons. The van der Waals surface area contributed by atoms with E-state index in [2.05, 4.69) is 31.6 Å². The first-order valence-electron chi connectivity index (χ1n) is 9.38. The van der Waals surface area contributed by atoms with Crippen LogP contribution in [0.25, 0.3) is 16.8 Å². The Morgan fingerprint density at radius 3 is 2.93 bits per heavy atom. The number of amides is 2. The molecule has 2 N–H and O–H groups in total. The number of nitrogens with zero attached hydrogens (tertiary/aromatic N) is 4. The second-order valence-corrected chi connectivity index (χ2v) is 7.90. The molecule has 1 fully saturated rings. The predicted octanol–water partition coefficient (Wildman–Crippen LogP) is 3.09. The molecule has 7 nitrogen and oxygen atoms in total. The van der Waals surface area contributed by atoms with Crippen LogP contribution in [0, 0.1) is 5.92 Å². The maximum atomic E-state index is 13.7. The van der Waals surface area contributed by atoms with E-state index in [4.69, 9.17) is 0 Å². The number of rotatable bonds is 4. The van der Waals surface area contributed by atoms with E-state index in [1.54, 1.807) is 11.1 Å². The molecule has 0 saturated carbocycles. The number of H-pyrrole nitrogens is 1. The summed E-state index contributed by atoms with van der Waals surface area (Å²) < 4.78 is 15.8. The Hall–Kier alpha value is -2.64. The van der Waals surface area contributed by atoms with Crippen LogP contribution in [0.5, 0.6) is 0 Å². The molecule has 0 radical (unpaired) electrons. The second-order valence-electron chi connectivity index (χ2n) is 7.90. The van der Waals surface area contributed by atoms with Gasteiger partial charge in [0, 0.05) is 37.1 Å². The molecule has 1 aliphatic rings. The van der Waals surface area contributed by atoms with Gasteiger partial charge in [-0.3, -0.25) is 4.40 Å². The van der Waals surface area contributed by atoms with Gasteiger partial charge >= 0.3 is 6.03 Å². The minimum absolute atomic E-state index is 0.00897. The number of alkyl halides is 1. The van der Waals surface area contributed by atoms with Crippen LogP contribution in [0.4, 0.5) is 9.18 Å². The highest BCUT2D eigenvalue weighted by molar-refractivity contribution is 5.76. The maximum absolute atomic E-state index is 13.7. The molecule has 3 aromatic heterocycles. The lowest BCUT2D eigenvalue weighted by Crippen LogP contribution is -2.43. The Bertz CT molecular complexity index is 972. The Morgan fingerprint density at radius 2 is 2.19 bits per heavy atom. The van der Waals surface area contributed by atoms with E-state index < -0.39 is 5.67 Å². The third-order valence-corrected chi connectivity index (χ3v) is 5.36. The summed E-state index contributed by atoms with van der Waals surface area (Å²) in [7, 11) is 0. The van der Waals surface area contributed by atoms with Crippen LogP contribution < -0.4 is 5.32 Å². The minimum atomic E-state index is -1.42. The molecule has 8 heteroatoms. The van der Waals surface area contributed by atoms with Crippen molar-refractivity contribution < 1.29 is 9.18 Å². The van der Waals surface area contributed by atoms with Crippen LogP contribution in [0.15, 0.2) is 24.7 Å². The molecule has 0 aliphatic carbocycles. The van der Waals surface area contributed by atoms with E-state index in [0.717, 1.165) is 28.9 Å². The average Bonchev–Trinajstić information content (AvgIpc) is 3.33. The lowest BCUT2D eigenvalue weighted by Gasteiger charge is -2.20. The highest BCUT2D eigenvalue weighted by atomic mass is 19.1. The quantitative estimate of drug-likeness (QED) is 0.739. The Labute approximate surface area is 157 Å². The van der Waals surface area contributed by atoms with Crippen LogP contribution in [0.1, 0.15) is 38.8 Å². The van der Waals surface area contributed by atoms with Crippen LogP contribution in [-0.4, -0.2) is 55.6 Å². The van der Waals surface area contributed by atoms with Crippen molar-refractivity contribution in [3.05, 3.63) is 30.4 Å². The lowest BCUT2D eigenvalue weighted by atomic mass is 9.91. The monoisotopic (exact) mass is 372 g/mol. The number of carbonyl (C=O) groups is 1. The SMILES string of the molecule is CC[C@@H]1CN(C(=O)NCC(C)(C)F)C[C@@H]1c1cnc2cnc3[nH]ccc3n12. The maximum Gasteiger partial charge on any atom is 0.317 e. The van der Waals surface area contributed by atoms with Crippen molar-refractivity contribution in [2.24, 2.45) is 5.92 Å². The molecular weight excluding hydrogens is 347 g/mol. The Morgan fingerprint density at radius 1 is 1.37 bits per heavy atom. The highest BCUT2D eigenvalue weighted by Crippen LogP contribution is 2.35. The van der Waals surface area contributed by atoms with Crippen molar-refractivity contribution in [2.75, 3.05) is 19.6 Å². The largest absolute Gasteiger partial charge is 0.345 e.